The van der Waals surface area contributed by atoms with Crippen molar-refractivity contribution in [3.63, 3.8) is 0 Å². The molecule has 2 rings (SSSR count). The van der Waals surface area contributed by atoms with E-state index in [0.717, 1.165) is 6.20 Å². The molecule has 78 valence electrons. The zero-order chi connectivity index (χ0) is 11.5. The van der Waals surface area contributed by atoms with E-state index in [-0.39, 0.29) is 17.2 Å². The van der Waals surface area contributed by atoms with Gasteiger partial charge in [-0.25, -0.2) is 9.67 Å². The highest BCUT2D eigenvalue weighted by Gasteiger charge is 2.16. The summed E-state index contributed by atoms with van der Waals surface area (Å²) in [6.45, 7) is 0. The fourth-order valence-corrected chi connectivity index (χ4v) is 1.14. The van der Waals surface area contributed by atoms with Crippen LogP contribution in [-0.4, -0.2) is 24.7 Å². The fraction of sp³-hybridized carbons (Fsp3) is 0. The first-order valence-electron chi connectivity index (χ1n) is 4.13. The van der Waals surface area contributed by atoms with Crippen LogP contribution in [0, 0.1) is 21.4 Å². The summed E-state index contributed by atoms with van der Waals surface area (Å²) in [7, 11) is 0. The van der Waals surface area contributed by atoms with Gasteiger partial charge in [-0.05, 0) is 6.07 Å². The van der Waals surface area contributed by atoms with E-state index >= 15 is 0 Å². The van der Waals surface area contributed by atoms with Gasteiger partial charge in [-0.2, -0.15) is 5.26 Å². The predicted octanol–water partition coefficient (Wildman–Crippen LogP) is 0.442. The molecule has 0 bridgehead atoms. The Labute approximate surface area is 88.9 Å². The molecule has 0 radical (unpaired) electrons. The molecule has 0 saturated heterocycles. The van der Waals surface area contributed by atoms with Gasteiger partial charge in [-0.1, -0.05) is 0 Å². The summed E-state index contributed by atoms with van der Waals surface area (Å²) in [5.41, 5.74) is 0.0193. The van der Waals surface area contributed by atoms with E-state index in [0.29, 0.717) is 0 Å². The highest BCUT2D eigenvalue weighted by atomic mass is 16.6. The van der Waals surface area contributed by atoms with Crippen molar-refractivity contribution in [2.45, 2.75) is 0 Å². The second-order valence-corrected chi connectivity index (χ2v) is 2.75. The lowest BCUT2D eigenvalue weighted by Crippen LogP contribution is -2.01. The van der Waals surface area contributed by atoms with E-state index in [4.69, 9.17) is 5.26 Å². The third kappa shape index (κ3) is 1.57. The SMILES string of the molecule is N#Cc1ncn(-c2ccncc2[N+](=O)[O-])n1. The third-order valence-corrected chi connectivity index (χ3v) is 1.81. The van der Waals surface area contributed by atoms with Crippen molar-refractivity contribution in [3.8, 4) is 11.8 Å². The van der Waals surface area contributed by atoms with Crippen LogP contribution in [0.5, 0.6) is 0 Å². The van der Waals surface area contributed by atoms with Gasteiger partial charge in [0, 0.05) is 6.20 Å². The van der Waals surface area contributed by atoms with Crippen LogP contribution in [-0.2, 0) is 0 Å². The zero-order valence-corrected chi connectivity index (χ0v) is 7.81. The van der Waals surface area contributed by atoms with Crippen LogP contribution in [0.4, 0.5) is 5.69 Å². The van der Waals surface area contributed by atoms with Gasteiger partial charge in [0.2, 0.25) is 0 Å². The molecule has 16 heavy (non-hydrogen) atoms. The van der Waals surface area contributed by atoms with E-state index in [1.54, 1.807) is 6.07 Å². The summed E-state index contributed by atoms with van der Waals surface area (Å²) in [5.74, 6) is -0.0499. The van der Waals surface area contributed by atoms with E-state index in [1.165, 1.54) is 23.3 Å². The molecule has 0 fully saturated rings. The Morgan fingerprint density at radius 3 is 3.00 bits per heavy atom. The predicted molar refractivity (Wildman–Crippen MR) is 50.5 cm³/mol. The number of hydrogen-bond donors (Lipinski definition) is 0. The van der Waals surface area contributed by atoms with Crippen molar-refractivity contribution >= 4 is 5.69 Å². The van der Waals surface area contributed by atoms with Crippen molar-refractivity contribution in [1.82, 2.24) is 19.7 Å². The van der Waals surface area contributed by atoms with Crippen LogP contribution in [0.25, 0.3) is 5.69 Å². The second-order valence-electron chi connectivity index (χ2n) is 2.75. The number of rotatable bonds is 2. The molecule has 0 aliphatic heterocycles. The highest BCUT2D eigenvalue weighted by molar-refractivity contribution is 5.49. The number of nitrogens with zero attached hydrogens (tertiary/aromatic N) is 6. The summed E-state index contributed by atoms with van der Waals surface area (Å²) in [6.07, 6.45) is 3.75. The Kier molecular flexibility index (Phi) is 2.27. The molecule has 0 saturated carbocycles. The minimum absolute atomic E-state index is 0.0499. The van der Waals surface area contributed by atoms with Gasteiger partial charge >= 0.3 is 5.69 Å². The maximum absolute atomic E-state index is 10.7. The molecule has 2 aromatic heterocycles. The highest BCUT2D eigenvalue weighted by Crippen LogP contribution is 2.19. The zero-order valence-electron chi connectivity index (χ0n) is 7.81. The Morgan fingerprint density at radius 1 is 1.56 bits per heavy atom. The first kappa shape index (κ1) is 9.72. The van der Waals surface area contributed by atoms with Crippen molar-refractivity contribution < 1.29 is 4.92 Å². The van der Waals surface area contributed by atoms with Crippen molar-refractivity contribution in [2.75, 3.05) is 0 Å². The smallest absolute Gasteiger partial charge is 0.258 e. The molecule has 0 N–H and O–H groups in total. The number of nitriles is 1. The van der Waals surface area contributed by atoms with Crippen molar-refractivity contribution in [3.05, 3.63) is 40.7 Å². The number of nitro groups is 1. The molecule has 2 heterocycles. The first-order chi connectivity index (χ1) is 7.72. The van der Waals surface area contributed by atoms with E-state index in [9.17, 15) is 10.1 Å². The molecule has 0 aromatic carbocycles. The van der Waals surface area contributed by atoms with Crippen LogP contribution in [0.1, 0.15) is 5.82 Å². The van der Waals surface area contributed by atoms with Gasteiger partial charge in [0.05, 0.1) is 4.92 Å². The second kappa shape index (κ2) is 3.74. The first-order valence-corrected chi connectivity index (χ1v) is 4.13. The summed E-state index contributed by atoms with van der Waals surface area (Å²) in [6, 6.07) is 3.16. The minimum atomic E-state index is -0.573. The number of hydrogen-bond acceptors (Lipinski definition) is 6. The van der Waals surface area contributed by atoms with Gasteiger partial charge in [0.1, 0.15) is 24.3 Å². The summed E-state index contributed by atoms with van der Waals surface area (Å²) in [4.78, 5) is 17.4. The van der Waals surface area contributed by atoms with E-state index in [2.05, 4.69) is 15.1 Å². The van der Waals surface area contributed by atoms with Gasteiger partial charge < -0.3 is 0 Å². The van der Waals surface area contributed by atoms with Crippen molar-refractivity contribution in [2.24, 2.45) is 0 Å². The Morgan fingerprint density at radius 2 is 2.38 bits per heavy atom. The molecule has 0 unspecified atom stereocenters. The minimum Gasteiger partial charge on any atom is -0.258 e. The van der Waals surface area contributed by atoms with Crippen LogP contribution >= 0.6 is 0 Å². The van der Waals surface area contributed by atoms with Crippen LogP contribution < -0.4 is 0 Å². The van der Waals surface area contributed by atoms with E-state index < -0.39 is 4.92 Å². The molecule has 8 nitrogen and oxygen atoms in total. The van der Waals surface area contributed by atoms with Crippen LogP contribution in [0.3, 0.4) is 0 Å². The molecular formula is C8H4N6O2. The maximum atomic E-state index is 10.7. The normalized spacial score (nSPS) is 9.69. The lowest BCUT2D eigenvalue weighted by atomic mass is 10.3. The molecule has 0 atom stereocenters. The fourth-order valence-electron chi connectivity index (χ4n) is 1.14. The summed E-state index contributed by atoms with van der Waals surface area (Å²) in [5, 5.41) is 23.0. The average molecular weight is 216 g/mol. The van der Waals surface area contributed by atoms with Gasteiger partial charge in [0.15, 0.2) is 0 Å². The van der Waals surface area contributed by atoms with Gasteiger partial charge in [-0.15, -0.1) is 5.10 Å². The van der Waals surface area contributed by atoms with Gasteiger partial charge in [0.25, 0.3) is 5.82 Å². The molecule has 0 amide bonds. The molecule has 8 heteroatoms. The Bertz CT molecular complexity index is 584. The monoisotopic (exact) mass is 216 g/mol. The largest absolute Gasteiger partial charge is 0.313 e. The van der Waals surface area contributed by atoms with Gasteiger partial charge in [-0.3, -0.25) is 15.1 Å². The standard InChI is InChI=1S/C8H4N6O2/c9-3-8-11-5-13(12-8)6-1-2-10-4-7(6)14(15)16/h1-2,4-5H. The number of pyridine rings is 1. The molecule has 0 spiro atoms. The molecule has 0 aliphatic carbocycles. The summed E-state index contributed by atoms with van der Waals surface area (Å²) >= 11 is 0. The Hall–Kier alpha value is -2.82. The summed E-state index contributed by atoms with van der Waals surface area (Å²) < 4.78 is 1.17. The molecule has 2 aromatic rings. The lowest BCUT2D eigenvalue weighted by molar-refractivity contribution is -0.385. The quantitative estimate of drug-likeness (QED) is 0.532. The van der Waals surface area contributed by atoms with E-state index in [1.807, 2.05) is 0 Å². The Balaban J connectivity index is 2.56. The van der Waals surface area contributed by atoms with Crippen molar-refractivity contribution in [1.29, 1.82) is 5.26 Å². The molecule has 0 aliphatic rings. The third-order valence-electron chi connectivity index (χ3n) is 1.81. The topological polar surface area (TPSA) is 111 Å². The van der Waals surface area contributed by atoms with Crippen LogP contribution in [0.2, 0.25) is 0 Å². The number of aromatic nitrogens is 4. The average Bonchev–Trinajstić information content (AvgIpc) is 2.77. The lowest BCUT2D eigenvalue weighted by Gasteiger charge is -1.99. The van der Waals surface area contributed by atoms with Crippen LogP contribution in [0.15, 0.2) is 24.8 Å². The maximum Gasteiger partial charge on any atom is 0.313 e. The molecular weight excluding hydrogens is 212 g/mol.